The van der Waals surface area contributed by atoms with Gasteiger partial charge >= 0.3 is 0 Å². The summed E-state index contributed by atoms with van der Waals surface area (Å²) in [5.74, 6) is 1.62. The minimum absolute atomic E-state index is 0.114. The van der Waals surface area contributed by atoms with Crippen LogP contribution in [0.3, 0.4) is 0 Å². The molecule has 3 aromatic rings. The number of aromatic amines is 1. The van der Waals surface area contributed by atoms with Crippen LogP contribution in [0.1, 0.15) is 51.8 Å². The van der Waals surface area contributed by atoms with Crippen LogP contribution in [0.5, 0.6) is 5.75 Å². The molecule has 1 saturated carbocycles. The summed E-state index contributed by atoms with van der Waals surface area (Å²) in [6.45, 7) is 5.24. The van der Waals surface area contributed by atoms with Crippen LogP contribution in [0.4, 0.5) is 0 Å². The lowest BCUT2D eigenvalue weighted by Gasteiger charge is -2.36. The second-order valence-corrected chi connectivity index (χ2v) is 9.96. The lowest BCUT2D eigenvalue weighted by atomic mass is 9.93. The predicted octanol–water partition coefficient (Wildman–Crippen LogP) is 4.81. The summed E-state index contributed by atoms with van der Waals surface area (Å²) in [6, 6.07) is 8.16. The molecule has 1 atom stereocenters. The van der Waals surface area contributed by atoms with E-state index in [1.54, 1.807) is 7.11 Å². The first-order valence-electron chi connectivity index (χ1n) is 11.5. The maximum atomic E-state index is 13.1. The number of methoxy groups -OCH3 is 1. The Labute approximate surface area is 193 Å². The summed E-state index contributed by atoms with van der Waals surface area (Å²) >= 11 is 1.49. The Morgan fingerprint density at radius 3 is 2.78 bits per heavy atom. The molecule has 1 fully saturated rings. The number of rotatable bonds is 8. The van der Waals surface area contributed by atoms with Crippen molar-refractivity contribution in [3.05, 3.63) is 45.8 Å². The lowest BCUT2D eigenvalue weighted by Crippen LogP contribution is -2.43. The maximum absolute atomic E-state index is 13.1. The van der Waals surface area contributed by atoms with E-state index in [2.05, 4.69) is 9.88 Å². The molecule has 0 bridgehead atoms. The van der Waals surface area contributed by atoms with Crippen molar-refractivity contribution in [3.63, 3.8) is 0 Å². The van der Waals surface area contributed by atoms with Gasteiger partial charge in [-0.3, -0.25) is 9.69 Å². The molecule has 1 aliphatic carbocycles. The first-order valence-corrected chi connectivity index (χ1v) is 12.4. The molecule has 2 N–H and O–H groups in total. The second kappa shape index (κ2) is 10.1. The predicted molar refractivity (Wildman–Crippen MR) is 130 cm³/mol. The van der Waals surface area contributed by atoms with Crippen molar-refractivity contribution in [2.75, 3.05) is 13.7 Å². The Kier molecular flexibility index (Phi) is 7.28. The summed E-state index contributed by atoms with van der Waals surface area (Å²) in [5.41, 5.74) is 1.71. The molecule has 0 amide bonds. The molecule has 1 unspecified atom stereocenters. The largest absolute Gasteiger partial charge is 0.497 e. The van der Waals surface area contributed by atoms with Crippen molar-refractivity contribution in [3.8, 4) is 16.9 Å². The molecular weight excluding hydrogens is 422 g/mol. The summed E-state index contributed by atoms with van der Waals surface area (Å²) < 4.78 is 5.34. The van der Waals surface area contributed by atoms with Gasteiger partial charge in [-0.15, -0.1) is 11.3 Å². The van der Waals surface area contributed by atoms with Crippen molar-refractivity contribution in [1.29, 1.82) is 0 Å². The number of aromatic nitrogens is 2. The van der Waals surface area contributed by atoms with Gasteiger partial charge in [0.1, 0.15) is 16.4 Å². The molecule has 7 heteroatoms. The van der Waals surface area contributed by atoms with Crippen molar-refractivity contribution < 1.29 is 9.84 Å². The van der Waals surface area contributed by atoms with Gasteiger partial charge in [-0.25, -0.2) is 4.98 Å². The molecule has 172 valence electrons. The second-order valence-electron chi connectivity index (χ2n) is 9.11. The van der Waals surface area contributed by atoms with Crippen LogP contribution in [0.25, 0.3) is 21.3 Å². The first-order chi connectivity index (χ1) is 15.5. The van der Waals surface area contributed by atoms with E-state index >= 15 is 0 Å². The number of aliphatic hydroxyl groups is 1. The topological polar surface area (TPSA) is 78.5 Å². The van der Waals surface area contributed by atoms with Crippen LogP contribution in [0, 0.1) is 5.92 Å². The van der Waals surface area contributed by atoms with Crippen molar-refractivity contribution >= 4 is 21.6 Å². The number of hydrogen-bond acceptors (Lipinski definition) is 6. The molecule has 0 radical (unpaired) electrons. The molecular formula is C25H33N3O3S. The van der Waals surface area contributed by atoms with Gasteiger partial charge in [-0.05, 0) is 36.5 Å². The smallest absolute Gasteiger partial charge is 0.260 e. The number of aliphatic hydroxyl groups excluding tert-OH is 1. The fourth-order valence-corrected chi connectivity index (χ4v) is 5.47. The average molecular weight is 456 g/mol. The number of ether oxygens (including phenoxy) is 1. The summed E-state index contributed by atoms with van der Waals surface area (Å²) in [4.78, 5) is 24.0. The Bertz CT molecular complexity index is 1100. The zero-order valence-corrected chi connectivity index (χ0v) is 20.0. The van der Waals surface area contributed by atoms with Gasteiger partial charge in [0.25, 0.3) is 5.56 Å². The van der Waals surface area contributed by atoms with Gasteiger partial charge in [0.05, 0.1) is 25.1 Å². The standard InChI is InChI=1S/C25H33N3O3S/c1-16(2)21(29)13-28(18-9-5-4-6-10-18)14-22-26-24(30)23-20(15-32-25(23)27-22)17-8-7-11-19(12-17)31-3/h7-8,11-12,15-16,18,21,29H,4-6,9-10,13-14H2,1-3H3,(H,26,27,30). The van der Waals surface area contributed by atoms with Crippen LogP contribution in [0.2, 0.25) is 0 Å². The zero-order chi connectivity index (χ0) is 22.7. The van der Waals surface area contributed by atoms with Crippen LogP contribution < -0.4 is 10.3 Å². The van der Waals surface area contributed by atoms with Crippen LogP contribution >= 0.6 is 11.3 Å². The molecule has 4 rings (SSSR count). The summed E-state index contributed by atoms with van der Waals surface area (Å²) in [6.07, 6.45) is 5.59. The highest BCUT2D eigenvalue weighted by atomic mass is 32.1. The molecule has 1 aromatic carbocycles. The zero-order valence-electron chi connectivity index (χ0n) is 19.1. The summed E-state index contributed by atoms with van der Waals surface area (Å²) in [7, 11) is 1.64. The fraction of sp³-hybridized carbons (Fsp3) is 0.520. The Balaban J connectivity index is 1.64. The third-order valence-electron chi connectivity index (χ3n) is 6.51. The highest BCUT2D eigenvalue weighted by Gasteiger charge is 2.25. The van der Waals surface area contributed by atoms with E-state index in [0.29, 0.717) is 30.3 Å². The van der Waals surface area contributed by atoms with Crippen LogP contribution in [-0.2, 0) is 6.54 Å². The number of fused-ring (bicyclic) bond motifs is 1. The van der Waals surface area contributed by atoms with Gasteiger partial charge in [-0.1, -0.05) is 45.2 Å². The summed E-state index contributed by atoms with van der Waals surface area (Å²) in [5, 5.41) is 13.2. The SMILES string of the molecule is COc1cccc(-c2csc3nc(CN(CC(O)C(C)C)C4CCCCC4)[nH]c(=O)c23)c1. The average Bonchev–Trinajstić information content (AvgIpc) is 3.24. The third kappa shape index (κ3) is 5.05. The number of hydrogen-bond donors (Lipinski definition) is 2. The molecule has 6 nitrogen and oxygen atoms in total. The van der Waals surface area contributed by atoms with Gasteiger partial charge in [0.2, 0.25) is 0 Å². The Morgan fingerprint density at radius 1 is 1.28 bits per heavy atom. The molecule has 2 aromatic heterocycles. The van der Waals surface area contributed by atoms with E-state index in [1.165, 1.54) is 30.6 Å². The van der Waals surface area contributed by atoms with E-state index < -0.39 is 6.10 Å². The minimum atomic E-state index is -0.395. The van der Waals surface area contributed by atoms with Crippen LogP contribution in [-0.4, -0.2) is 45.8 Å². The minimum Gasteiger partial charge on any atom is -0.497 e. The lowest BCUT2D eigenvalue weighted by molar-refractivity contribution is 0.0419. The number of benzene rings is 1. The van der Waals surface area contributed by atoms with E-state index in [9.17, 15) is 9.90 Å². The normalized spacial score (nSPS) is 16.2. The monoisotopic (exact) mass is 455 g/mol. The third-order valence-corrected chi connectivity index (χ3v) is 7.38. The van der Waals surface area contributed by atoms with Crippen molar-refractivity contribution in [1.82, 2.24) is 14.9 Å². The molecule has 32 heavy (non-hydrogen) atoms. The Morgan fingerprint density at radius 2 is 2.06 bits per heavy atom. The van der Waals surface area contributed by atoms with Crippen molar-refractivity contribution in [2.24, 2.45) is 5.92 Å². The van der Waals surface area contributed by atoms with E-state index in [-0.39, 0.29) is 11.5 Å². The number of H-pyrrole nitrogens is 1. The first kappa shape index (κ1) is 23.0. The number of nitrogens with zero attached hydrogens (tertiary/aromatic N) is 2. The maximum Gasteiger partial charge on any atom is 0.260 e. The Hall–Kier alpha value is -2.22. The van der Waals surface area contributed by atoms with Crippen LogP contribution in [0.15, 0.2) is 34.4 Å². The molecule has 1 aliphatic rings. The molecule has 2 heterocycles. The van der Waals surface area contributed by atoms with E-state index in [0.717, 1.165) is 34.5 Å². The van der Waals surface area contributed by atoms with Gasteiger partial charge in [0.15, 0.2) is 0 Å². The molecule has 0 aliphatic heterocycles. The van der Waals surface area contributed by atoms with Gasteiger partial charge in [0, 0.05) is 23.5 Å². The fourth-order valence-electron chi connectivity index (χ4n) is 4.50. The molecule has 0 saturated heterocycles. The van der Waals surface area contributed by atoms with Gasteiger partial charge < -0.3 is 14.8 Å². The van der Waals surface area contributed by atoms with Crippen molar-refractivity contribution in [2.45, 2.75) is 64.6 Å². The molecule has 0 spiro atoms. The highest BCUT2D eigenvalue weighted by molar-refractivity contribution is 7.17. The number of nitrogens with one attached hydrogen (secondary N) is 1. The quantitative estimate of drug-likeness (QED) is 0.510. The number of thiophene rings is 1. The van der Waals surface area contributed by atoms with E-state index in [1.807, 2.05) is 43.5 Å². The van der Waals surface area contributed by atoms with E-state index in [4.69, 9.17) is 9.72 Å². The highest BCUT2D eigenvalue weighted by Crippen LogP contribution is 2.32. The van der Waals surface area contributed by atoms with Gasteiger partial charge in [-0.2, -0.15) is 0 Å².